The van der Waals surface area contributed by atoms with E-state index in [1.165, 1.54) is 29.2 Å². The Morgan fingerprint density at radius 2 is 1.93 bits per heavy atom. The van der Waals surface area contributed by atoms with E-state index in [1.54, 1.807) is 18.2 Å². The van der Waals surface area contributed by atoms with E-state index in [2.05, 4.69) is 15.5 Å². The van der Waals surface area contributed by atoms with Gasteiger partial charge in [-0.1, -0.05) is 30.7 Å². The maximum absolute atomic E-state index is 12.6. The summed E-state index contributed by atoms with van der Waals surface area (Å²) in [6.45, 7) is 2.52. The summed E-state index contributed by atoms with van der Waals surface area (Å²) in [5.74, 6) is 0.546. The molecular weight excluding hydrogens is 398 g/mol. The molecule has 3 rings (SSSR count). The Bertz CT molecular complexity index is 1010. The van der Waals surface area contributed by atoms with E-state index in [4.69, 9.17) is 16.0 Å². The van der Waals surface area contributed by atoms with E-state index >= 15 is 0 Å². The lowest BCUT2D eigenvalue weighted by Crippen LogP contribution is -2.35. The van der Waals surface area contributed by atoms with Crippen LogP contribution in [-0.4, -0.2) is 32.6 Å². The van der Waals surface area contributed by atoms with Crippen molar-refractivity contribution in [2.24, 2.45) is 0 Å². The van der Waals surface area contributed by atoms with Gasteiger partial charge in [-0.3, -0.25) is 10.1 Å². The lowest BCUT2D eigenvalue weighted by Gasteiger charge is -2.20. The van der Waals surface area contributed by atoms with Crippen molar-refractivity contribution in [3.8, 4) is 11.5 Å². The summed E-state index contributed by atoms with van der Waals surface area (Å²) in [4.78, 5) is 24.4. The SMILES string of the molecule is CCCN(Cc1nnc(-c2ccccc2Cl)o1)C(=O)Nc1ccc([N+](=O)[O-])cc1. The van der Waals surface area contributed by atoms with Crippen molar-refractivity contribution >= 4 is 29.0 Å². The number of anilines is 1. The van der Waals surface area contributed by atoms with Crippen LogP contribution >= 0.6 is 11.6 Å². The number of urea groups is 1. The second-order valence-electron chi connectivity index (χ2n) is 6.14. The second-order valence-corrected chi connectivity index (χ2v) is 6.54. The van der Waals surface area contributed by atoms with Crippen molar-refractivity contribution < 1.29 is 14.1 Å². The van der Waals surface area contributed by atoms with E-state index in [0.29, 0.717) is 22.8 Å². The number of benzene rings is 2. The maximum Gasteiger partial charge on any atom is 0.322 e. The van der Waals surface area contributed by atoms with Gasteiger partial charge in [0, 0.05) is 24.4 Å². The van der Waals surface area contributed by atoms with Crippen LogP contribution in [0.25, 0.3) is 11.5 Å². The third kappa shape index (κ3) is 5.08. The van der Waals surface area contributed by atoms with Crippen LogP contribution in [-0.2, 0) is 6.54 Å². The number of carbonyl (C=O) groups excluding carboxylic acids is 1. The molecule has 0 atom stereocenters. The standard InChI is InChI=1S/C19H18ClN5O4/c1-2-11-24(19(26)21-13-7-9-14(10-8-13)25(27)28)12-17-22-23-18(29-17)15-5-3-4-6-16(15)20/h3-10H,2,11-12H2,1H3,(H,21,26). The van der Waals surface area contributed by atoms with E-state index in [0.717, 1.165) is 6.42 Å². The molecule has 3 aromatic rings. The molecule has 0 spiro atoms. The lowest BCUT2D eigenvalue weighted by atomic mass is 10.2. The number of nitro groups is 1. The van der Waals surface area contributed by atoms with Gasteiger partial charge in [0.1, 0.15) is 6.54 Å². The molecular formula is C19H18ClN5O4. The molecule has 0 fully saturated rings. The van der Waals surface area contributed by atoms with Crippen molar-refractivity contribution in [3.05, 3.63) is 69.6 Å². The highest BCUT2D eigenvalue weighted by molar-refractivity contribution is 6.33. The molecule has 10 heteroatoms. The first-order valence-electron chi connectivity index (χ1n) is 8.85. The highest BCUT2D eigenvalue weighted by Crippen LogP contribution is 2.26. The number of non-ortho nitro benzene ring substituents is 1. The highest BCUT2D eigenvalue weighted by atomic mass is 35.5. The van der Waals surface area contributed by atoms with Gasteiger partial charge in [-0.2, -0.15) is 0 Å². The molecule has 0 unspecified atom stereocenters. The number of nitrogens with one attached hydrogen (secondary N) is 1. The maximum atomic E-state index is 12.6. The molecule has 2 aromatic carbocycles. The second kappa shape index (κ2) is 9.16. The van der Waals surface area contributed by atoms with Crippen LogP contribution in [0.2, 0.25) is 5.02 Å². The van der Waals surface area contributed by atoms with Gasteiger partial charge in [-0.25, -0.2) is 4.79 Å². The summed E-state index contributed by atoms with van der Waals surface area (Å²) >= 11 is 6.15. The van der Waals surface area contributed by atoms with Crippen LogP contribution in [0.3, 0.4) is 0 Å². The van der Waals surface area contributed by atoms with Gasteiger partial charge in [-0.05, 0) is 30.7 Å². The normalized spacial score (nSPS) is 10.6. The number of halogens is 1. The largest absolute Gasteiger partial charge is 0.419 e. The van der Waals surface area contributed by atoms with Crippen molar-refractivity contribution in [3.63, 3.8) is 0 Å². The Balaban J connectivity index is 1.70. The van der Waals surface area contributed by atoms with Gasteiger partial charge in [0.25, 0.3) is 5.69 Å². The molecule has 0 aliphatic heterocycles. The minimum Gasteiger partial charge on any atom is -0.419 e. The lowest BCUT2D eigenvalue weighted by molar-refractivity contribution is -0.384. The fraction of sp³-hybridized carbons (Fsp3) is 0.211. The fourth-order valence-electron chi connectivity index (χ4n) is 2.62. The minimum atomic E-state index is -0.499. The summed E-state index contributed by atoms with van der Waals surface area (Å²) < 4.78 is 5.67. The summed E-state index contributed by atoms with van der Waals surface area (Å²) in [7, 11) is 0. The van der Waals surface area contributed by atoms with Gasteiger partial charge in [0.15, 0.2) is 0 Å². The summed E-state index contributed by atoms with van der Waals surface area (Å²) in [6, 6.07) is 12.3. The Morgan fingerprint density at radius 3 is 2.59 bits per heavy atom. The van der Waals surface area contributed by atoms with Gasteiger partial charge >= 0.3 is 6.03 Å². The number of hydrogen-bond acceptors (Lipinski definition) is 6. The van der Waals surface area contributed by atoms with Crippen molar-refractivity contribution in [2.45, 2.75) is 19.9 Å². The van der Waals surface area contributed by atoms with Gasteiger partial charge in [-0.15, -0.1) is 10.2 Å². The fourth-order valence-corrected chi connectivity index (χ4v) is 2.83. The Kier molecular flexibility index (Phi) is 6.40. The van der Waals surface area contributed by atoms with Crippen LogP contribution in [0.4, 0.5) is 16.2 Å². The zero-order chi connectivity index (χ0) is 20.8. The third-order valence-corrected chi connectivity index (χ3v) is 4.34. The van der Waals surface area contributed by atoms with Crippen molar-refractivity contribution in [1.29, 1.82) is 0 Å². The Morgan fingerprint density at radius 1 is 1.21 bits per heavy atom. The predicted molar refractivity (Wildman–Crippen MR) is 108 cm³/mol. The number of hydrogen-bond donors (Lipinski definition) is 1. The Hall–Kier alpha value is -3.46. The molecule has 0 aliphatic rings. The monoisotopic (exact) mass is 415 g/mol. The first-order valence-corrected chi connectivity index (χ1v) is 9.23. The zero-order valence-electron chi connectivity index (χ0n) is 15.5. The average Bonchev–Trinajstić information content (AvgIpc) is 3.16. The smallest absolute Gasteiger partial charge is 0.322 e. The van der Waals surface area contributed by atoms with E-state index in [-0.39, 0.29) is 30.0 Å². The number of nitrogens with zero attached hydrogens (tertiary/aromatic N) is 4. The van der Waals surface area contributed by atoms with Crippen LogP contribution in [0.15, 0.2) is 52.9 Å². The summed E-state index contributed by atoms with van der Waals surface area (Å²) in [6.07, 6.45) is 0.721. The van der Waals surface area contributed by atoms with E-state index in [9.17, 15) is 14.9 Å². The molecule has 0 saturated carbocycles. The molecule has 9 nitrogen and oxygen atoms in total. The summed E-state index contributed by atoms with van der Waals surface area (Å²) in [5.41, 5.74) is 1.01. The molecule has 0 radical (unpaired) electrons. The highest BCUT2D eigenvalue weighted by Gasteiger charge is 2.18. The molecule has 0 bridgehead atoms. The van der Waals surface area contributed by atoms with Crippen LogP contribution in [0.1, 0.15) is 19.2 Å². The summed E-state index contributed by atoms with van der Waals surface area (Å²) in [5, 5.41) is 21.9. The number of nitro benzene ring substituents is 1. The molecule has 0 saturated heterocycles. The predicted octanol–water partition coefficient (Wildman–Crippen LogP) is 4.74. The molecule has 1 heterocycles. The number of amides is 2. The minimum absolute atomic E-state index is 0.0497. The first kappa shape index (κ1) is 20.3. The van der Waals surface area contributed by atoms with Gasteiger partial charge < -0.3 is 14.6 Å². The van der Waals surface area contributed by atoms with E-state index < -0.39 is 4.92 Å². The number of carbonyl (C=O) groups is 1. The number of aromatic nitrogens is 2. The zero-order valence-corrected chi connectivity index (χ0v) is 16.3. The molecule has 0 aliphatic carbocycles. The molecule has 29 heavy (non-hydrogen) atoms. The Labute approximate surface area is 171 Å². The van der Waals surface area contributed by atoms with Crippen molar-refractivity contribution in [2.75, 3.05) is 11.9 Å². The van der Waals surface area contributed by atoms with Gasteiger partial charge in [0.2, 0.25) is 11.8 Å². The first-order chi connectivity index (χ1) is 14.0. The van der Waals surface area contributed by atoms with Crippen LogP contribution in [0, 0.1) is 10.1 Å². The molecule has 2 amide bonds. The average molecular weight is 416 g/mol. The van der Waals surface area contributed by atoms with Crippen LogP contribution < -0.4 is 5.32 Å². The molecule has 1 aromatic heterocycles. The molecule has 1 N–H and O–H groups in total. The molecule has 150 valence electrons. The topological polar surface area (TPSA) is 114 Å². The number of rotatable bonds is 7. The van der Waals surface area contributed by atoms with Gasteiger partial charge in [0.05, 0.1) is 15.5 Å². The van der Waals surface area contributed by atoms with E-state index in [1.807, 2.05) is 13.0 Å². The quantitative estimate of drug-likeness (QED) is 0.440. The van der Waals surface area contributed by atoms with Crippen LogP contribution in [0.5, 0.6) is 0 Å². The third-order valence-electron chi connectivity index (χ3n) is 4.01. The van der Waals surface area contributed by atoms with Crippen molar-refractivity contribution in [1.82, 2.24) is 15.1 Å².